The minimum absolute atomic E-state index is 0.280. The third-order valence-electron chi connectivity index (χ3n) is 3.89. The van der Waals surface area contributed by atoms with E-state index < -0.39 is 5.76 Å². The van der Waals surface area contributed by atoms with Crippen molar-refractivity contribution in [2.75, 3.05) is 12.4 Å². The van der Waals surface area contributed by atoms with Crippen molar-refractivity contribution in [1.29, 1.82) is 5.26 Å². The Morgan fingerprint density at radius 1 is 1.28 bits per heavy atom. The van der Waals surface area contributed by atoms with Crippen LogP contribution in [0.3, 0.4) is 0 Å². The largest absolute Gasteiger partial charge is 0.419 e. The summed E-state index contributed by atoms with van der Waals surface area (Å²) >= 11 is 0. The molecule has 1 N–H and O–H groups in total. The van der Waals surface area contributed by atoms with Crippen molar-refractivity contribution < 1.29 is 9.21 Å². The van der Waals surface area contributed by atoms with Gasteiger partial charge in [0.2, 0.25) is 0 Å². The number of anilines is 1. The molecule has 0 radical (unpaired) electrons. The molecule has 2 amide bonds. The first-order valence-corrected chi connectivity index (χ1v) is 7.58. The highest BCUT2D eigenvalue weighted by molar-refractivity contribution is 5.91. The van der Waals surface area contributed by atoms with E-state index in [1.165, 1.54) is 9.47 Å². The molecule has 1 aromatic heterocycles. The maximum Gasteiger partial charge on any atom is 0.419 e. The van der Waals surface area contributed by atoms with Gasteiger partial charge in [-0.3, -0.25) is 4.57 Å². The van der Waals surface area contributed by atoms with Crippen LogP contribution in [-0.2, 0) is 13.6 Å². The SMILES string of the molecule is CN(Cc1ccc(C#N)cc1)C(=O)Nc1ccc2oc(=O)n(C)c2c1. The van der Waals surface area contributed by atoms with Gasteiger partial charge in [0.15, 0.2) is 5.58 Å². The molecule has 0 fully saturated rings. The Kier molecular flexibility index (Phi) is 4.27. The molecule has 7 heteroatoms. The number of urea groups is 1. The van der Waals surface area contributed by atoms with Crippen molar-refractivity contribution in [3.8, 4) is 6.07 Å². The zero-order valence-corrected chi connectivity index (χ0v) is 13.8. The number of nitriles is 1. The van der Waals surface area contributed by atoms with Gasteiger partial charge < -0.3 is 14.6 Å². The Hall–Kier alpha value is -3.53. The minimum Gasteiger partial charge on any atom is -0.408 e. The number of aromatic nitrogens is 1. The lowest BCUT2D eigenvalue weighted by Gasteiger charge is -2.18. The van der Waals surface area contributed by atoms with Gasteiger partial charge in [-0.1, -0.05) is 12.1 Å². The van der Waals surface area contributed by atoms with E-state index in [2.05, 4.69) is 11.4 Å². The third-order valence-corrected chi connectivity index (χ3v) is 3.89. The van der Waals surface area contributed by atoms with E-state index in [0.29, 0.717) is 28.9 Å². The van der Waals surface area contributed by atoms with Crippen molar-refractivity contribution in [2.24, 2.45) is 7.05 Å². The Morgan fingerprint density at radius 2 is 2.00 bits per heavy atom. The van der Waals surface area contributed by atoms with Crippen molar-refractivity contribution in [3.63, 3.8) is 0 Å². The van der Waals surface area contributed by atoms with E-state index in [1.807, 2.05) is 12.1 Å². The summed E-state index contributed by atoms with van der Waals surface area (Å²) in [6.45, 7) is 0.407. The normalized spacial score (nSPS) is 10.4. The monoisotopic (exact) mass is 336 g/mol. The van der Waals surface area contributed by atoms with Crippen LogP contribution in [0.4, 0.5) is 10.5 Å². The molecule has 0 saturated carbocycles. The molecule has 0 spiro atoms. The molecule has 0 unspecified atom stereocenters. The van der Waals surface area contributed by atoms with Crippen LogP contribution in [0.25, 0.3) is 11.1 Å². The lowest BCUT2D eigenvalue weighted by atomic mass is 10.1. The van der Waals surface area contributed by atoms with Gasteiger partial charge in [-0.15, -0.1) is 0 Å². The van der Waals surface area contributed by atoms with Gasteiger partial charge in [0.05, 0.1) is 17.1 Å². The smallest absolute Gasteiger partial charge is 0.408 e. The molecule has 0 bridgehead atoms. The number of aryl methyl sites for hydroxylation is 1. The second kappa shape index (κ2) is 6.53. The van der Waals surface area contributed by atoms with E-state index >= 15 is 0 Å². The van der Waals surface area contributed by atoms with Crippen molar-refractivity contribution >= 4 is 22.8 Å². The standard InChI is InChI=1S/C18H16N4O3/c1-21(11-13-5-3-12(10-19)4-6-13)17(23)20-14-7-8-16-15(9-14)22(2)18(24)25-16/h3-9H,11H2,1-2H3,(H,20,23). The summed E-state index contributed by atoms with van der Waals surface area (Å²) in [6.07, 6.45) is 0. The van der Waals surface area contributed by atoms with Gasteiger partial charge in [0.1, 0.15) is 0 Å². The van der Waals surface area contributed by atoms with E-state index in [9.17, 15) is 9.59 Å². The third kappa shape index (κ3) is 3.38. The highest BCUT2D eigenvalue weighted by Crippen LogP contribution is 2.18. The minimum atomic E-state index is -0.448. The fraction of sp³-hybridized carbons (Fsp3) is 0.167. The molecule has 0 aliphatic carbocycles. The number of rotatable bonds is 3. The van der Waals surface area contributed by atoms with Crippen molar-refractivity contribution in [2.45, 2.75) is 6.54 Å². The van der Waals surface area contributed by atoms with Crippen molar-refractivity contribution in [3.05, 3.63) is 64.1 Å². The summed E-state index contributed by atoms with van der Waals surface area (Å²) in [6, 6.07) is 13.9. The highest BCUT2D eigenvalue weighted by Gasteiger charge is 2.12. The van der Waals surface area contributed by atoms with Crippen LogP contribution in [0.15, 0.2) is 51.7 Å². The summed E-state index contributed by atoms with van der Waals surface area (Å²) in [4.78, 5) is 25.4. The van der Waals surface area contributed by atoms with Gasteiger partial charge in [0, 0.05) is 26.3 Å². The maximum absolute atomic E-state index is 12.3. The van der Waals surface area contributed by atoms with E-state index in [1.54, 1.807) is 44.4 Å². The summed E-state index contributed by atoms with van der Waals surface area (Å²) < 4.78 is 6.45. The van der Waals surface area contributed by atoms with Gasteiger partial charge in [-0.05, 0) is 35.9 Å². The first-order chi connectivity index (χ1) is 12.0. The van der Waals surface area contributed by atoms with Crippen LogP contribution >= 0.6 is 0 Å². The number of amides is 2. The quantitative estimate of drug-likeness (QED) is 0.796. The molecule has 0 atom stereocenters. The Bertz CT molecular complexity index is 1030. The lowest BCUT2D eigenvalue weighted by molar-refractivity contribution is 0.220. The number of fused-ring (bicyclic) bond motifs is 1. The molecule has 1 heterocycles. The molecule has 3 aromatic rings. The predicted molar refractivity (Wildman–Crippen MR) is 93.1 cm³/mol. The number of oxazole rings is 1. The fourth-order valence-corrected chi connectivity index (χ4v) is 2.45. The van der Waals surface area contributed by atoms with Gasteiger partial charge in [0.25, 0.3) is 0 Å². The first-order valence-electron chi connectivity index (χ1n) is 7.58. The fourth-order valence-electron chi connectivity index (χ4n) is 2.45. The summed E-state index contributed by atoms with van der Waals surface area (Å²) in [5, 5.41) is 11.6. The van der Waals surface area contributed by atoms with Crippen LogP contribution in [0.5, 0.6) is 0 Å². The lowest BCUT2D eigenvalue weighted by Crippen LogP contribution is -2.30. The molecular formula is C18H16N4O3. The van der Waals surface area contributed by atoms with Crippen LogP contribution in [0.2, 0.25) is 0 Å². The second-order valence-electron chi connectivity index (χ2n) is 5.70. The molecule has 0 aliphatic rings. The number of hydrogen-bond acceptors (Lipinski definition) is 4. The van der Waals surface area contributed by atoms with Gasteiger partial charge in [-0.25, -0.2) is 9.59 Å². The molecular weight excluding hydrogens is 320 g/mol. The summed E-state index contributed by atoms with van der Waals surface area (Å²) in [5.74, 6) is -0.448. The summed E-state index contributed by atoms with van der Waals surface area (Å²) in [7, 11) is 3.29. The molecule has 2 aromatic carbocycles. The van der Waals surface area contributed by atoms with E-state index in [-0.39, 0.29) is 6.03 Å². The molecule has 3 rings (SSSR count). The molecule has 0 saturated heterocycles. The Labute approximate surface area is 143 Å². The van der Waals surface area contributed by atoms with E-state index in [4.69, 9.17) is 9.68 Å². The molecule has 126 valence electrons. The zero-order valence-electron chi connectivity index (χ0n) is 13.8. The Morgan fingerprint density at radius 3 is 2.68 bits per heavy atom. The number of nitrogens with one attached hydrogen (secondary N) is 1. The maximum atomic E-state index is 12.3. The number of carbonyl (C=O) groups is 1. The zero-order chi connectivity index (χ0) is 18.0. The summed E-state index contributed by atoms with van der Waals surface area (Å²) in [5.41, 5.74) is 3.15. The first kappa shape index (κ1) is 16.3. The highest BCUT2D eigenvalue weighted by atomic mass is 16.4. The number of benzene rings is 2. The van der Waals surface area contributed by atoms with Gasteiger partial charge >= 0.3 is 11.8 Å². The molecule has 0 aliphatic heterocycles. The number of nitrogens with zero attached hydrogens (tertiary/aromatic N) is 3. The van der Waals surface area contributed by atoms with Crippen LogP contribution < -0.4 is 11.1 Å². The van der Waals surface area contributed by atoms with Crippen LogP contribution in [-0.4, -0.2) is 22.5 Å². The van der Waals surface area contributed by atoms with Gasteiger partial charge in [-0.2, -0.15) is 5.26 Å². The van der Waals surface area contributed by atoms with Crippen LogP contribution in [0, 0.1) is 11.3 Å². The number of hydrogen-bond donors (Lipinski definition) is 1. The number of carbonyl (C=O) groups excluding carboxylic acids is 1. The van der Waals surface area contributed by atoms with Crippen LogP contribution in [0.1, 0.15) is 11.1 Å². The average Bonchev–Trinajstić information content (AvgIpc) is 2.90. The second-order valence-corrected chi connectivity index (χ2v) is 5.70. The predicted octanol–water partition coefficient (Wildman–Crippen LogP) is 2.67. The van der Waals surface area contributed by atoms with Crippen molar-refractivity contribution in [1.82, 2.24) is 9.47 Å². The molecule has 7 nitrogen and oxygen atoms in total. The van der Waals surface area contributed by atoms with E-state index in [0.717, 1.165) is 5.56 Å². The Balaban J connectivity index is 1.71. The molecule has 25 heavy (non-hydrogen) atoms. The topological polar surface area (TPSA) is 91.3 Å². The average molecular weight is 336 g/mol.